The molecule has 2 N–H and O–H groups in total. The van der Waals surface area contributed by atoms with Gasteiger partial charge in [-0.15, -0.1) is 0 Å². The lowest BCUT2D eigenvalue weighted by molar-refractivity contribution is -0.144. The van der Waals surface area contributed by atoms with Gasteiger partial charge >= 0.3 is 0 Å². The van der Waals surface area contributed by atoms with Gasteiger partial charge in [0, 0.05) is 19.1 Å². The van der Waals surface area contributed by atoms with E-state index in [1.807, 2.05) is 0 Å². The second-order valence-corrected chi connectivity index (χ2v) is 6.16. The van der Waals surface area contributed by atoms with Gasteiger partial charge in [0.1, 0.15) is 0 Å². The molecule has 1 unspecified atom stereocenters. The van der Waals surface area contributed by atoms with Crippen LogP contribution in [-0.2, 0) is 4.79 Å². The van der Waals surface area contributed by atoms with E-state index in [1.54, 1.807) is 0 Å². The number of hydrogen-bond acceptors (Lipinski definition) is 2. The second kappa shape index (κ2) is 4.97. The van der Waals surface area contributed by atoms with Gasteiger partial charge in [-0.25, -0.2) is 0 Å². The predicted octanol–water partition coefficient (Wildman–Crippen LogP) is 2.15. The summed E-state index contributed by atoms with van der Waals surface area (Å²) < 4.78 is 0. The van der Waals surface area contributed by atoms with Crippen LogP contribution in [0.5, 0.6) is 0 Å². The first-order chi connectivity index (χ1) is 8.09. The number of rotatable bonds is 2. The van der Waals surface area contributed by atoms with Gasteiger partial charge in [-0.1, -0.05) is 6.92 Å². The number of likely N-dealkylation sites (tertiary alicyclic amines) is 1. The fraction of sp³-hybridized carbons (Fsp3) is 0.929. The fourth-order valence-corrected chi connectivity index (χ4v) is 3.36. The van der Waals surface area contributed by atoms with Gasteiger partial charge < -0.3 is 10.6 Å². The van der Waals surface area contributed by atoms with Crippen molar-refractivity contribution in [3.8, 4) is 0 Å². The standard InChI is InChI=1S/C14H26N2O/c1-11-5-7-14(10-15,8-6-11)13(17)16-9-3-4-12(16)2/h11-12H,3-10,15H2,1-2H3. The first-order valence-electron chi connectivity index (χ1n) is 7.10. The molecule has 2 rings (SSSR count). The number of nitrogens with two attached hydrogens (primary N) is 1. The highest BCUT2D eigenvalue weighted by molar-refractivity contribution is 5.83. The highest BCUT2D eigenvalue weighted by Gasteiger charge is 2.43. The van der Waals surface area contributed by atoms with E-state index < -0.39 is 0 Å². The lowest BCUT2D eigenvalue weighted by Gasteiger charge is -2.40. The molecule has 2 aliphatic rings. The van der Waals surface area contributed by atoms with Gasteiger partial charge in [-0.3, -0.25) is 4.79 Å². The highest BCUT2D eigenvalue weighted by Crippen LogP contribution is 2.40. The molecule has 1 saturated heterocycles. The maximum Gasteiger partial charge on any atom is 0.230 e. The molecule has 0 spiro atoms. The molecule has 1 heterocycles. The molecule has 98 valence electrons. The molecule has 3 nitrogen and oxygen atoms in total. The molecule has 0 bridgehead atoms. The Morgan fingerprint density at radius 2 is 1.94 bits per heavy atom. The van der Waals surface area contributed by atoms with Gasteiger partial charge in [0.15, 0.2) is 0 Å². The van der Waals surface area contributed by atoms with Crippen LogP contribution in [0.25, 0.3) is 0 Å². The summed E-state index contributed by atoms with van der Waals surface area (Å²) in [4.78, 5) is 14.8. The number of carbonyl (C=O) groups excluding carboxylic acids is 1. The third-order valence-electron chi connectivity index (χ3n) is 4.89. The van der Waals surface area contributed by atoms with Gasteiger partial charge in [-0.2, -0.15) is 0 Å². The summed E-state index contributed by atoms with van der Waals surface area (Å²) in [6.45, 7) is 5.92. The van der Waals surface area contributed by atoms with E-state index in [0.717, 1.165) is 51.0 Å². The summed E-state index contributed by atoms with van der Waals surface area (Å²) >= 11 is 0. The van der Waals surface area contributed by atoms with Crippen LogP contribution in [0.15, 0.2) is 0 Å². The summed E-state index contributed by atoms with van der Waals surface area (Å²) in [5.74, 6) is 1.11. The molecule has 0 aromatic heterocycles. The fourth-order valence-electron chi connectivity index (χ4n) is 3.36. The van der Waals surface area contributed by atoms with Crippen LogP contribution in [0.3, 0.4) is 0 Å². The SMILES string of the molecule is CC1CCC(CN)(C(=O)N2CCCC2C)CC1. The lowest BCUT2D eigenvalue weighted by Crippen LogP contribution is -2.50. The molecule has 17 heavy (non-hydrogen) atoms. The van der Waals surface area contributed by atoms with Gasteiger partial charge in [-0.05, 0) is 51.4 Å². The summed E-state index contributed by atoms with van der Waals surface area (Å²) in [5, 5.41) is 0. The lowest BCUT2D eigenvalue weighted by atomic mass is 9.70. The maximum atomic E-state index is 12.7. The molecule has 1 amide bonds. The van der Waals surface area contributed by atoms with Crippen LogP contribution in [-0.4, -0.2) is 29.9 Å². The second-order valence-electron chi connectivity index (χ2n) is 6.16. The molecule has 0 radical (unpaired) electrons. The van der Waals surface area contributed by atoms with E-state index in [2.05, 4.69) is 18.7 Å². The van der Waals surface area contributed by atoms with Crippen molar-refractivity contribution in [1.29, 1.82) is 0 Å². The Kier molecular flexibility index (Phi) is 3.76. The Labute approximate surface area is 105 Å². The van der Waals surface area contributed by atoms with Gasteiger partial charge in [0.25, 0.3) is 0 Å². The molecular formula is C14H26N2O. The van der Waals surface area contributed by atoms with E-state index in [9.17, 15) is 4.79 Å². The average Bonchev–Trinajstić information content (AvgIpc) is 2.76. The number of carbonyl (C=O) groups is 1. The van der Waals surface area contributed by atoms with Crippen LogP contribution in [0.1, 0.15) is 52.4 Å². The average molecular weight is 238 g/mol. The third-order valence-corrected chi connectivity index (χ3v) is 4.89. The minimum Gasteiger partial charge on any atom is -0.339 e. The van der Waals surface area contributed by atoms with Crippen molar-refractivity contribution in [3.05, 3.63) is 0 Å². The molecule has 1 aliphatic heterocycles. The van der Waals surface area contributed by atoms with E-state index in [1.165, 1.54) is 0 Å². The molecule has 2 fully saturated rings. The number of amides is 1. The minimum absolute atomic E-state index is 0.231. The number of hydrogen-bond donors (Lipinski definition) is 1. The van der Waals surface area contributed by atoms with E-state index in [0.29, 0.717) is 18.5 Å². The Balaban J connectivity index is 2.09. The van der Waals surface area contributed by atoms with Crippen LogP contribution in [0.4, 0.5) is 0 Å². The molecule has 3 heteroatoms. The number of nitrogens with zero attached hydrogens (tertiary/aromatic N) is 1. The zero-order valence-electron chi connectivity index (χ0n) is 11.2. The highest BCUT2D eigenvalue weighted by atomic mass is 16.2. The predicted molar refractivity (Wildman–Crippen MR) is 69.5 cm³/mol. The molecular weight excluding hydrogens is 212 g/mol. The normalized spacial score (nSPS) is 38.4. The van der Waals surface area contributed by atoms with Crippen LogP contribution in [0.2, 0.25) is 0 Å². The maximum absolute atomic E-state index is 12.7. The molecule has 0 aromatic rings. The van der Waals surface area contributed by atoms with Crippen molar-refractivity contribution >= 4 is 5.91 Å². The quantitative estimate of drug-likeness (QED) is 0.801. The van der Waals surface area contributed by atoms with Crippen molar-refractivity contribution < 1.29 is 4.79 Å². The Hall–Kier alpha value is -0.570. The van der Waals surface area contributed by atoms with Crippen molar-refractivity contribution in [2.75, 3.05) is 13.1 Å². The Morgan fingerprint density at radius 3 is 2.41 bits per heavy atom. The first-order valence-corrected chi connectivity index (χ1v) is 7.10. The van der Waals surface area contributed by atoms with Gasteiger partial charge in [0.2, 0.25) is 5.91 Å². The van der Waals surface area contributed by atoms with Gasteiger partial charge in [0.05, 0.1) is 5.41 Å². The van der Waals surface area contributed by atoms with Crippen LogP contribution in [0, 0.1) is 11.3 Å². The smallest absolute Gasteiger partial charge is 0.230 e. The van der Waals surface area contributed by atoms with Crippen molar-refractivity contribution in [2.24, 2.45) is 17.1 Å². The topological polar surface area (TPSA) is 46.3 Å². The molecule has 0 aromatic carbocycles. The first kappa shape index (κ1) is 12.9. The van der Waals surface area contributed by atoms with E-state index in [4.69, 9.17) is 5.73 Å². The summed E-state index contributed by atoms with van der Waals surface area (Å²) in [7, 11) is 0. The summed E-state index contributed by atoms with van der Waals surface area (Å²) in [6.07, 6.45) is 6.61. The van der Waals surface area contributed by atoms with Crippen LogP contribution < -0.4 is 5.73 Å². The minimum atomic E-state index is -0.231. The van der Waals surface area contributed by atoms with Crippen LogP contribution >= 0.6 is 0 Å². The van der Waals surface area contributed by atoms with Crippen molar-refractivity contribution in [2.45, 2.75) is 58.4 Å². The largest absolute Gasteiger partial charge is 0.339 e. The van der Waals surface area contributed by atoms with E-state index in [-0.39, 0.29) is 5.41 Å². The molecule has 1 saturated carbocycles. The Bertz CT molecular complexity index is 282. The zero-order chi connectivity index (χ0) is 12.5. The zero-order valence-corrected chi connectivity index (χ0v) is 11.2. The summed E-state index contributed by atoms with van der Waals surface area (Å²) in [6, 6.07) is 0.422. The van der Waals surface area contributed by atoms with Crippen molar-refractivity contribution in [3.63, 3.8) is 0 Å². The summed E-state index contributed by atoms with van der Waals surface area (Å²) in [5.41, 5.74) is 5.72. The molecule has 1 aliphatic carbocycles. The monoisotopic (exact) mass is 238 g/mol. The van der Waals surface area contributed by atoms with E-state index >= 15 is 0 Å². The molecule has 1 atom stereocenters. The van der Waals surface area contributed by atoms with Crippen molar-refractivity contribution in [1.82, 2.24) is 4.90 Å². The third kappa shape index (κ3) is 2.35. The Morgan fingerprint density at radius 1 is 1.29 bits per heavy atom.